The highest BCUT2D eigenvalue weighted by molar-refractivity contribution is 7.99. The van der Waals surface area contributed by atoms with Crippen molar-refractivity contribution in [3.63, 3.8) is 0 Å². The third kappa shape index (κ3) is 3.30. The number of rotatable bonds is 5. The molecule has 0 aliphatic rings. The fraction of sp³-hybridized carbons (Fsp3) is 0.154. The van der Waals surface area contributed by atoms with E-state index in [0.717, 1.165) is 5.56 Å². The average Bonchev–Trinajstić information content (AvgIpc) is 2.41. The third-order valence-corrected chi connectivity index (χ3v) is 3.39. The zero-order valence-corrected chi connectivity index (χ0v) is 10.4. The summed E-state index contributed by atoms with van der Waals surface area (Å²) in [5, 5.41) is 9.85. The van der Waals surface area contributed by atoms with Gasteiger partial charge in [0.25, 0.3) is 0 Å². The van der Waals surface area contributed by atoms with Gasteiger partial charge in [0, 0.05) is 18.1 Å². The lowest BCUT2D eigenvalue weighted by atomic mass is 10.0. The first-order valence-corrected chi connectivity index (χ1v) is 6.43. The predicted octanol–water partition coefficient (Wildman–Crippen LogP) is 2.44. The molecule has 2 aromatic rings. The molecule has 0 fully saturated rings. The van der Waals surface area contributed by atoms with Crippen LogP contribution in [0.5, 0.6) is 0 Å². The van der Waals surface area contributed by atoms with E-state index in [2.05, 4.69) is 9.97 Å². The number of benzene rings is 1. The van der Waals surface area contributed by atoms with Gasteiger partial charge in [0.05, 0.1) is 5.92 Å². The summed E-state index contributed by atoms with van der Waals surface area (Å²) in [6, 6.07) is 10.9. The van der Waals surface area contributed by atoms with Crippen LogP contribution in [-0.4, -0.2) is 26.8 Å². The number of aromatic nitrogens is 2. The Hall–Kier alpha value is -1.88. The van der Waals surface area contributed by atoms with Crippen LogP contribution in [0, 0.1) is 0 Å². The van der Waals surface area contributed by atoms with E-state index in [4.69, 9.17) is 0 Å². The minimum Gasteiger partial charge on any atom is -0.481 e. The summed E-state index contributed by atoms with van der Waals surface area (Å²) in [6.45, 7) is 0. The normalized spacial score (nSPS) is 12.0. The van der Waals surface area contributed by atoms with Crippen molar-refractivity contribution in [3.05, 3.63) is 54.4 Å². The van der Waals surface area contributed by atoms with Crippen molar-refractivity contribution in [2.45, 2.75) is 11.1 Å². The molecular formula is C13H12N2O2S. The van der Waals surface area contributed by atoms with Crippen molar-refractivity contribution >= 4 is 17.7 Å². The number of aliphatic carboxylic acids is 1. The monoisotopic (exact) mass is 260 g/mol. The Kier molecular flexibility index (Phi) is 4.30. The van der Waals surface area contributed by atoms with E-state index in [-0.39, 0.29) is 0 Å². The van der Waals surface area contributed by atoms with Gasteiger partial charge in [-0.3, -0.25) is 4.79 Å². The fourth-order valence-corrected chi connectivity index (χ4v) is 2.43. The largest absolute Gasteiger partial charge is 0.481 e. The standard InChI is InChI=1S/C13H12N2O2S/c16-12(17)11(10-5-2-1-3-6-10)9-18-13-14-7-4-8-15-13/h1-8,11H,9H2,(H,16,17). The van der Waals surface area contributed by atoms with E-state index in [0.29, 0.717) is 10.9 Å². The summed E-state index contributed by atoms with van der Waals surface area (Å²) in [6.07, 6.45) is 3.29. The lowest BCUT2D eigenvalue weighted by Gasteiger charge is -2.11. The topological polar surface area (TPSA) is 63.1 Å². The van der Waals surface area contributed by atoms with E-state index < -0.39 is 11.9 Å². The molecule has 0 saturated heterocycles. The van der Waals surface area contributed by atoms with E-state index in [1.54, 1.807) is 18.5 Å². The lowest BCUT2D eigenvalue weighted by Crippen LogP contribution is -2.14. The fourth-order valence-electron chi connectivity index (χ4n) is 1.51. The van der Waals surface area contributed by atoms with Crippen molar-refractivity contribution in [2.24, 2.45) is 0 Å². The first-order valence-electron chi connectivity index (χ1n) is 5.45. The molecule has 0 saturated carbocycles. The summed E-state index contributed by atoms with van der Waals surface area (Å²) in [7, 11) is 0. The van der Waals surface area contributed by atoms with Gasteiger partial charge in [-0.15, -0.1) is 0 Å². The van der Waals surface area contributed by atoms with Crippen molar-refractivity contribution in [3.8, 4) is 0 Å². The van der Waals surface area contributed by atoms with Gasteiger partial charge in [0.1, 0.15) is 0 Å². The molecule has 0 aliphatic carbocycles. The smallest absolute Gasteiger partial charge is 0.311 e. The highest BCUT2D eigenvalue weighted by Crippen LogP contribution is 2.24. The summed E-state index contributed by atoms with van der Waals surface area (Å²) in [5.41, 5.74) is 0.799. The van der Waals surface area contributed by atoms with Crippen molar-refractivity contribution in [1.82, 2.24) is 9.97 Å². The van der Waals surface area contributed by atoms with Crippen LogP contribution >= 0.6 is 11.8 Å². The second-order valence-corrected chi connectivity index (χ2v) is 4.63. The van der Waals surface area contributed by atoms with Gasteiger partial charge in [-0.2, -0.15) is 0 Å². The Labute approximate surface area is 109 Å². The maximum Gasteiger partial charge on any atom is 0.311 e. The molecule has 92 valence electrons. The van der Waals surface area contributed by atoms with Gasteiger partial charge in [-0.1, -0.05) is 42.1 Å². The Bertz CT molecular complexity index is 505. The molecule has 1 aromatic carbocycles. The van der Waals surface area contributed by atoms with Crippen LogP contribution in [0.3, 0.4) is 0 Å². The Morgan fingerprint density at radius 1 is 1.17 bits per heavy atom. The van der Waals surface area contributed by atoms with E-state index >= 15 is 0 Å². The highest BCUT2D eigenvalue weighted by Gasteiger charge is 2.20. The molecule has 2 rings (SSSR count). The summed E-state index contributed by atoms with van der Waals surface area (Å²) in [5.74, 6) is -0.951. The maximum absolute atomic E-state index is 11.3. The molecule has 0 spiro atoms. The molecule has 4 nitrogen and oxygen atoms in total. The number of nitrogens with zero attached hydrogens (tertiary/aromatic N) is 2. The molecule has 5 heteroatoms. The summed E-state index contributed by atoms with van der Waals surface area (Å²) < 4.78 is 0. The zero-order chi connectivity index (χ0) is 12.8. The van der Waals surface area contributed by atoms with Crippen LogP contribution < -0.4 is 0 Å². The number of carboxylic acid groups (broad SMARTS) is 1. The summed E-state index contributed by atoms with van der Waals surface area (Å²) in [4.78, 5) is 19.4. The average molecular weight is 260 g/mol. The third-order valence-electron chi connectivity index (χ3n) is 2.42. The second kappa shape index (κ2) is 6.16. The number of thioether (sulfide) groups is 1. The van der Waals surface area contributed by atoms with Gasteiger partial charge >= 0.3 is 5.97 Å². The molecule has 0 bridgehead atoms. The molecule has 1 unspecified atom stereocenters. The van der Waals surface area contributed by atoms with Gasteiger partial charge in [0.15, 0.2) is 5.16 Å². The van der Waals surface area contributed by atoms with Crippen LogP contribution in [-0.2, 0) is 4.79 Å². The first kappa shape index (κ1) is 12.6. The molecule has 18 heavy (non-hydrogen) atoms. The van der Waals surface area contributed by atoms with E-state index in [9.17, 15) is 9.90 Å². The second-order valence-electron chi connectivity index (χ2n) is 3.64. The highest BCUT2D eigenvalue weighted by atomic mass is 32.2. The summed E-state index contributed by atoms with van der Waals surface area (Å²) >= 11 is 1.35. The lowest BCUT2D eigenvalue weighted by molar-refractivity contribution is -0.138. The van der Waals surface area contributed by atoms with Crippen LogP contribution in [0.2, 0.25) is 0 Å². The van der Waals surface area contributed by atoms with Gasteiger partial charge in [0.2, 0.25) is 0 Å². The van der Waals surface area contributed by atoms with Crippen molar-refractivity contribution in [2.75, 3.05) is 5.75 Å². The number of hydrogen-bond acceptors (Lipinski definition) is 4. The minimum atomic E-state index is -0.829. The number of carboxylic acids is 1. The van der Waals surface area contributed by atoms with E-state index in [1.807, 2.05) is 30.3 Å². The first-order chi connectivity index (χ1) is 8.77. The predicted molar refractivity (Wildman–Crippen MR) is 69.6 cm³/mol. The van der Waals surface area contributed by atoms with Gasteiger partial charge in [-0.25, -0.2) is 9.97 Å². The minimum absolute atomic E-state index is 0.420. The van der Waals surface area contributed by atoms with Crippen LogP contribution in [0.1, 0.15) is 11.5 Å². The van der Waals surface area contributed by atoms with Crippen LogP contribution in [0.15, 0.2) is 53.9 Å². The van der Waals surface area contributed by atoms with Crippen LogP contribution in [0.4, 0.5) is 0 Å². The molecule has 1 N–H and O–H groups in total. The molecule has 1 aromatic heterocycles. The molecule has 1 heterocycles. The Morgan fingerprint density at radius 3 is 2.44 bits per heavy atom. The molecule has 1 atom stereocenters. The number of hydrogen-bond donors (Lipinski definition) is 1. The molecular weight excluding hydrogens is 248 g/mol. The van der Waals surface area contributed by atoms with Crippen LogP contribution in [0.25, 0.3) is 0 Å². The van der Waals surface area contributed by atoms with Crippen molar-refractivity contribution in [1.29, 1.82) is 0 Å². The quantitative estimate of drug-likeness (QED) is 0.661. The van der Waals surface area contributed by atoms with Gasteiger partial charge in [-0.05, 0) is 11.6 Å². The Balaban J connectivity index is 2.06. The van der Waals surface area contributed by atoms with Crippen molar-refractivity contribution < 1.29 is 9.90 Å². The Morgan fingerprint density at radius 2 is 1.83 bits per heavy atom. The molecule has 0 aliphatic heterocycles. The van der Waals surface area contributed by atoms with Gasteiger partial charge < -0.3 is 5.11 Å². The zero-order valence-electron chi connectivity index (χ0n) is 9.56. The SMILES string of the molecule is O=C(O)C(CSc1ncccn1)c1ccccc1. The molecule has 0 amide bonds. The molecule has 0 radical (unpaired) electrons. The van der Waals surface area contributed by atoms with E-state index in [1.165, 1.54) is 11.8 Å². The maximum atomic E-state index is 11.3. The number of carbonyl (C=O) groups is 1.